The minimum atomic E-state index is -4.58. The number of pyridine rings is 1. The second-order valence-electron chi connectivity index (χ2n) is 8.86. The maximum absolute atomic E-state index is 13.5. The number of amides is 1. The van der Waals surface area contributed by atoms with Crippen LogP contribution in [0.4, 0.5) is 24.7 Å². The van der Waals surface area contributed by atoms with Crippen LogP contribution in [0.15, 0.2) is 35.3 Å². The lowest BCUT2D eigenvalue weighted by Gasteiger charge is -2.23. The molecule has 1 aliphatic heterocycles. The molecule has 0 radical (unpaired) electrons. The number of aryl methyl sites for hydroxylation is 1. The SMILES string of the molecule is CC(=O)Nc1cc(C(C)Nc2nn(C)c(=O)c3cnc(C4CCCNC4)cc23)cc(C(F)(F)F)c1. The van der Waals surface area contributed by atoms with Gasteiger partial charge in [-0.3, -0.25) is 14.6 Å². The number of carbonyl (C=O) groups is 1. The van der Waals surface area contributed by atoms with E-state index in [9.17, 15) is 22.8 Å². The van der Waals surface area contributed by atoms with E-state index in [1.54, 1.807) is 6.92 Å². The predicted octanol–water partition coefficient (Wildman–Crippen LogP) is 3.95. The molecule has 2 unspecified atom stereocenters. The van der Waals surface area contributed by atoms with Crippen LogP contribution in [0.25, 0.3) is 10.8 Å². The smallest absolute Gasteiger partial charge is 0.362 e. The Hall–Kier alpha value is -3.47. The molecule has 11 heteroatoms. The van der Waals surface area contributed by atoms with Crippen LogP contribution in [0.2, 0.25) is 0 Å². The third-order valence-electron chi connectivity index (χ3n) is 6.13. The summed E-state index contributed by atoms with van der Waals surface area (Å²) in [6.45, 7) is 4.66. The molecule has 4 rings (SSSR count). The summed E-state index contributed by atoms with van der Waals surface area (Å²) in [4.78, 5) is 28.7. The van der Waals surface area contributed by atoms with Crippen LogP contribution in [0.5, 0.6) is 0 Å². The summed E-state index contributed by atoms with van der Waals surface area (Å²) < 4.78 is 41.7. The van der Waals surface area contributed by atoms with E-state index < -0.39 is 23.7 Å². The Balaban J connectivity index is 1.75. The van der Waals surface area contributed by atoms with Crippen molar-refractivity contribution in [3.63, 3.8) is 0 Å². The highest BCUT2D eigenvalue weighted by Gasteiger charge is 2.32. The number of anilines is 2. The van der Waals surface area contributed by atoms with Gasteiger partial charge in [-0.25, -0.2) is 4.68 Å². The second-order valence-corrected chi connectivity index (χ2v) is 8.86. The van der Waals surface area contributed by atoms with E-state index in [0.717, 1.165) is 43.8 Å². The molecule has 0 bridgehead atoms. The van der Waals surface area contributed by atoms with Crippen molar-refractivity contribution in [2.45, 2.75) is 44.8 Å². The number of aromatic nitrogens is 3. The zero-order valence-electron chi connectivity index (χ0n) is 19.7. The zero-order chi connectivity index (χ0) is 25.3. The lowest BCUT2D eigenvalue weighted by Crippen LogP contribution is -2.29. The van der Waals surface area contributed by atoms with Gasteiger partial charge in [-0.2, -0.15) is 18.3 Å². The van der Waals surface area contributed by atoms with Crippen LogP contribution >= 0.6 is 0 Å². The van der Waals surface area contributed by atoms with Crippen molar-refractivity contribution in [3.8, 4) is 0 Å². The summed E-state index contributed by atoms with van der Waals surface area (Å²) in [7, 11) is 1.51. The fraction of sp³-hybridized carbons (Fsp3) is 0.417. The fourth-order valence-electron chi connectivity index (χ4n) is 4.32. The first kappa shape index (κ1) is 24.6. The largest absolute Gasteiger partial charge is 0.416 e. The summed E-state index contributed by atoms with van der Waals surface area (Å²) in [6.07, 6.45) is -1.05. The number of alkyl halides is 3. The second kappa shape index (κ2) is 9.65. The minimum absolute atomic E-state index is 0.0468. The average molecular weight is 489 g/mol. The fourth-order valence-corrected chi connectivity index (χ4v) is 4.32. The molecule has 1 saturated heterocycles. The predicted molar refractivity (Wildman–Crippen MR) is 127 cm³/mol. The van der Waals surface area contributed by atoms with E-state index in [-0.39, 0.29) is 17.2 Å². The number of piperidine rings is 1. The highest BCUT2D eigenvalue weighted by molar-refractivity contribution is 5.91. The van der Waals surface area contributed by atoms with Gasteiger partial charge < -0.3 is 16.0 Å². The van der Waals surface area contributed by atoms with E-state index in [1.165, 1.54) is 30.9 Å². The molecule has 0 aliphatic carbocycles. The lowest BCUT2D eigenvalue weighted by atomic mass is 9.95. The minimum Gasteiger partial charge on any atom is -0.362 e. The zero-order valence-corrected chi connectivity index (χ0v) is 19.7. The first-order valence-electron chi connectivity index (χ1n) is 11.4. The molecule has 2 aromatic heterocycles. The van der Waals surface area contributed by atoms with Gasteiger partial charge in [0, 0.05) is 49.4 Å². The van der Waals surface area contributed by atoms with Crippen molar-refractivity contribution < 1.29 is 18.0 Å². The van der Waals surface area contributed by atoms with E-state index in [0.29, 0.717) is 22.2 Å². The molecule has 3 heterocycles. The standard InChI is InChI=1S/C24H27F3N6O2/c1-13(16-7-17(24(25,26)27)9-18(8-16)31-14(2)34)30-22-19-10-21(15-5-4-6-28-11-15)29-12-20(19)23(35)33(3)32-22/h7-10,12-13,15,28H,4-6,11H2,1-3H3,(H,30,32)(H,31,34). The van der Waals surface area contributed by atoms with Crippen LogP contribution in [0.3, 0.4) is 0 Å². The summed E-state index contributed by atoms with van der Waals surface area (Å²) in [5.41, 5.74) is -0.000791. The maximum atomic E-state index is 13.5. The number of benzene rings is 1. The van der Waals surface area contributed by atoms with E-state index >= 15 is 0 Å². The summed E-state index contributed by atoms with van der Waals surface area (Å²) in [5, 5.41) is 14.2. The topological polar surface area (TPSA) is 101 Å². The molecule has 186 valence electrons. The van der Waals surface area contributed by atoms with Gasteiger partial charge in [0.05, 0.1) is 17.0 Å². The first-order chi connectivity index (χ1) is 16.5. The molecule has 1 fully saturated rings. The van der Waals surface area contributed by atoms with E-state index in [1.807, 2.05) is 6.07 Å². The van der Waals surface area contributed by atoms with Gasteiger partial charge in [-0.15, -0.1) is 0 Å². The van der Waals surface area contributed by atoms with Crippen molar-refractivity contribution in [2.75, 3.05) is 23.7 Å². The van der Waals surface area contributed by atoms with Crippen molar-refractivity contribution in [1.82, 2.24) is 20.1 Å². The normalized spacial score (nSPS) is 17.3. The Labute approximate surface area is 199 Å². The summed E-state index contributed by atoms with van der Waals surface area (Å²) >= 11 is 0. The van der Waals surface area contributed by atoms with Gasteiger partial charge in [-0.05, 0) is 56.1 Å². The molecular formula is C24H27F3N6O2. The average Bonchev–Trinajstić information content (AvgIpc) is 2.81. The van der Waals surface area contributed by atoms with Gasteiger partial charge in [-0.1, -0.05) is 0 Å². The van der Waals surface area contributed by atoms with Crippen LogP contribution in [-0.4, -0.2) is 33.8 Å². The molecular weight excluding hydrogens is 461 g/mol. The van der Waals surface area contributed by atoms with Crippen LogP contribution in [0, 0.1) is 0 Å². The Kier molecular flexibility index (Phi) is 6.79. The number of rotatable bonds is 5. The van der Waals surface area contributed by atoms with Crippen molar-refractivity contribution in [3.05, 3.63) is 57.6 Å². The van der Waals surface area contributed by atoms with Gasteiger partial charge >= 0.3 is 6.18 Å². The Morgan fingerprint density at radius 1 is 1.23 bits per heavy atom. The molecule has 0 spiro atoms. The highest BCUT2D eigenvalue weighted by atomic mass is 19.4. The number of nitrogens with zero attached hydrogens (tertiary/aromatic N) is 3. The summed E-state index contributed by atoms with van der Waals surface area (Å²) in [6, 6.07) is 4.64. The van der Waals surface area contributed by atoms with E-state index in [4.69, 9.17) is 0 Å². The van der Waals surface area contributed by atoms with Crippen LogP contribution in [-0.2, 0) is 18.0 Å². The molecule has 3 aromatic rings. The van der Waals surface area contributed by atoms with Crippen molar-refractivity contribution >= 4 is 28.2 Å². The third-order valence-corrected chi connectivity index (χ3v) is 6.13. The molecule has 8 nitrogen and oxygen atoms in total. The monoisotopic (exact) mass is 488 g/mol. The van der Waals surface area contributed by atoms with Gasteiger partial charge in [0.15, 0.2) is 5.82 Å². The number of carbonyl (C=O) groups excluding carboxylic acids is 1. The number of halogens is 3. The molecule has 1 aromatic carbocycles. The lowest BCUT2D eigenvalue weighted by molar-refractivity contribution is -0.137. The van der Waals surface area contributed by atoms with Gasteiger partial charge in [0.1, 0.15) is 0 Å². The number of hydrogen-bond acceptors (Lipinski definition) is 6. The molecule has 1 amide bonds. The third kappa shape index (κ3) is 5.45. The number of hydrogen-bond donors (Lipinski definition) is 3. The molecule has 3 N–H and O–H groups in total. The van der Waals surface area contributed by atoms with Crippen LogP contribution in [0.1, 0.15) is 55.5 Å². The van der Waals surface area contributed by atoms with E-state index in [2.05, 4.69) is 26.0 Å². The molecule has 0 saturated carbocycles. The Bertz CT molecular complexity index is 1320. The van der Waals surface area contributed by atoms with Crippen LogP contribution < -0.4 is 21.5 Å². The number of nitrogens with one attached hydrogen (secondary N) is 3. The van der Waals surface area contributed by atoms with Gasteiger partial charge in [0.2, 0.25) is 5.91 Å². The molecule has 2 atom stereocenters. The Morgan fingerprint density at radius 3 is 2.66 bits per heavy atom. The van der Waals surface area contributed by atoms with Crippen molar-refractivity contribution in [1.29, 1.82) is 0 Å². The number of fused-ring (bicyclic) bond motifs is 1. The highest BCUT2D eigenvalue weighted by Crippen LogP contribution is 2.35. The Morgan fingerprint density at radius 2 is 2.00 bits per heavy atom. The first-order valence-corrected chi connectivity index (χ1v) is 11.4. The van der Waals surface area contributed by atoms with Crippen molar-refractivity contribution in [2.24, 2.45) is 7.05 Å². The molecule has 1 aliphatic rings. The molecule has 35 heavy (non-hydrogen) atoms. The summed E-state index contributed by atoms with van der Waals surface area (Å²) in [5.74, 6) is 0.0884. The quantitative estimate of drug-likeness (QED) is 0.503. The maximum Gasteiger partial charge on any atom is 0.416 e. The van der Waals surface area contributed by atoms with Gasteiger partial charge in [0.25, 0.3) is 5.56 Å².